The van der Waals surface area contributed by atoms with Gasteiger partial charge in [-0.05, 0) is 19.3 Å². The molecule has 140 valence electrons. The van der Waals surface area contributed by atoms with Gasteiger partial charge in [0.1, 0.15) is 18.0 Å². The predicted molar refractivity (Wildman–Crippen MR) is 94.3 cm³/mol. The molecule has 0 radical (unpaired) electrons. The highest BCUT2D eigenvalue weighted by molar-refractivity contribution is 5.94. The van der Waals surface area contributed by atoms with E-state index >= 15 is 0 Å². The van der Waals surface area contributed by atoms with Crippen LogP contribution in [0.4, 0.5) is 11.6 Å². The molecule has 0 saturated heterocycles. The number of amides is 1. The Balaban J connectivity index is 1.83. The zero-order valence-corrected chi connectivity index (χ0v) is 14.7. The number of hydrogen-bond donors (Lipinski definition) is 3. The van der Waals surface area contributed by atoms with Gasteiger partial charge in [0, 0.05) is 19.5 Å². The highest BCUT2D eigenvalue weighted by atomic mass is 16.5. The normalized spacial score (nSPS) is 19.0. The van der Waals surface area contributed by atoms with Crippen LogP contribution in [0, 0.1) is 11.3 Å². The molecule has 2 heterocycles. The fraction of sp³-hybridized carbons (Fsp3) is 0.412. The van der Waals surface area contributed by atoms with Crippen molar-refractivity contribution in [1.82, 2.24) is 25.5 Å². The van der Waals surface area contributed by atoms with E-state index in [9.17, 15) is 9.90 Å². The van der Waals surface area contributed by atoms with Gasteiger partial charge in [-0.25, -0.2) is 9.97 Å². The van der Waals surface area contributed by atoms with Gasteiger partial charge in [0.2, 0.25) is 0 Å². The fourth-order valence-corrected chi connectivity index (χ4v) is 2.79. The monoisotopic (exact) mass is 369 g/mol. The number of rotatable bonds is 5. The summed E-state index contributed by atoms with van der Waals surface area (Å²) in [6, 6.07) is 3.44. The first-order valence-corrected chi connectivity index (χ1v) is 8.52. The lowest BCUT2D eigenvalue weighted by molar-refractivity contribution is 0.0527. The lowest BCUT2D eigenvalue weighted by Gasteiger charge is -2.27. The zero-order valence-electron chi connectivity index (χ0n) is 14.7. The van der Waals surface area contributed by atoms with Gasteiger partial charge < -0.3 is 20.5 Å². The molecule has 10 nitrogen and oxygen atoms in total. The Morgan fingerprint density at radius 3 is 2.81 bits per heavy atom. The molecule has 1 aliphatic carbocycles. The summed E-state index contributed by atoms with van der Waals surface area (Å²) >= 11 is 0. The van der Waals surface area contributed by atoms with E-state index < -0.39 is 12.0 Å². The minimum atomic E-state index is -0.418. The van der Waals surface area contributed by atoms with Crippen LogP contribution in [0.2, 0.25) is 0 Å². The summed E-state index contributed by atoms with van der Waals surface area (Å²) in [7, 11) is 1.50. The molecule has 10 heteroatoms. The van der Waals surface area contributed by atoms with Gasteiger partial charge in [-0.2, -0.15) is 5.26 Å². The molecule has 0 bridgehead atoms. The van der Waals surface area contributed by atoms with Crippen LogP contribution < -0.4 is 15.4 Å². The molecule has 3 rings (SSSR count). The number of carbonyl (C=O) groups excluding carboxylic acids is 1. The van der Waals surface area contributed by atoms with E-state index in [-0.39, 0.29) is 23.2 Å². The third kappa shape index (κ3) is 4.65. The van der Waals surface area contributed by atoms with E-state index in [1.807, 2.05) is 6.07 Å². The van der Waals surface area contributed by atoms with E-state index in [0.29, 0.717) is 18.1 Å². The van der Waals surface area contributed by atoms with Gasteiger partial charge in [-0.1, -0.05) is 0 Å². The fourth-order valence-electron chi connectivity index (χ4n) is 2.79. The van der Waals surface area contributed by atoms with Crippen molar-refractivity contribution in [3.63, 3.8) is 0 Å². The molecule has 27 heavy (non-hydrogen) atoms. The Hall–Kier alpha value is -3.32. The SMILES string of the molecule is CNC(=O)c1nnc(Nc2cnc(C#N)cn2)cc1OC1CCCC(O)C1. The van der Waals surface area contributed by atoms with Crippen molar-refractivity contribution < 1.29 is 14.6 Å². The van der Waals surface area contributed by atoms with Crippen LogP contribution in [0.1, 0.15) is 41.9 Å². The molecule has 0 aromatic carbocycles. The van der Waals surface area contributed by atoms with Crippen molar-refractivity contribution in [2.24, 2.45) is 0 Å². The minimum Gasteiger partial charge on any atom is -0.488 e. The maximum absolute atomic E-state index is 12.1. The van der Waals surface area contributed by atoms with Crippen LogP contribution in [0.15, 0.2) is 18.5 Å². The number of nitrogens with zero attached hydrogens (tertiary/aromatic N) is 5. The molecule has 2 aromatic rings. The van der Waals surface area contributed by atoms with Crippen LogP contribution in [-0.4, -0.2) is 50.4 Å². The predicted octanol–water partition coefficient (Wildman–Crippen LogP) is 0.924. The third-order valence-corrected chi connectivity index (χ3v) is 4.12. The number of aliphatic hydroxyl groups is 1. The molecule has 1 amide bonds. The number of nitriles is 1. The van der Waals surface area contributed by atoms with Gasteiger partial charge in [0.25, 0.3) is 5.91 Å². The van der Waals surface area contributed by atoms with E-state index in [4.69, 9.17) is 10.00 Å². The van der Waals surface area contributed by atoms with Crippen molar-refractivity contribution >= 4 is 17.5 Å². The maximum atomic E-state index is 12.1. The van der Waals surface area contributed by atoms with Gasteiger partial charge >= 0.3 is 0 Å². The molecular formula is C17H19N7O3. The molecule has 0 aliphatic heterocycles. The van der Waals surface area contributed by atoms with Crippen molar-refractivity contribution in [3.8, 4) is 11.8 Å². The maximum Gasteiger partial charge on any atom is 0.275 e. The van der Waals surface area contributed by atoms with Crippen LogP contribution in [0.3, 0.4) is 0 Å². The number of nitrogens with one attached hydrogen (secondary N) is 2. The molecule has 1 aliphatic rings. The highest BCUT2D eigenvalue weighted by Crippen LogP contribution is 2.27. The average Bonchev–Trinajstić information content (AvgIpc) is 2.68. The molecule has 2 atom stereocenters. The number of aromatic nitrogens is 4. The Morgan fingerprint density at radius 1 is 1.30 bits per heavy atom. The van der Waals surface area contributed by atoms with Gasteiger partial charge in [0.05, 0.1) is 18.5 Å². The molecule has 2 aromatic heterocycles. The third-order valence-electron chi connectivity index (χ3n) is 4.12. The van der Waals surface area contributed by atoms with Crippen molar-refractivity contribution in [2.45, 2.75) is 37.9 Å². The lowest BCUT2D eigenvalue weighted by atomic mass is 9.95. The Labute approximate surface area is 155 Å². The summed E-state index contributed by atoms with van der Waals surface area (Å²) in [5.74, 6) is 0.536. The molecule has 1 saturated carbocycles. The van der Waals surface area contributed by atoms with Crippen LogP contribution >= 0.6 is 0 Å². The summed E-state index contributed by atoms with van der Waals surface area (Å²) < 4.78 is 5.95. The number of hydrogen-bond acceptors (Lipinski definition) is 9. The summed E-state index contributed by atoms with van der Waals surface area (Å²) in [4.78, 5) is 20.0. The van der Waals surface area contributed by atoms with Gasteiger partial charge in [-0.3, -0.25) is 4.79 Å². The van der Waals surface area contributed by atoms with Crippen LogP contribution in [0.5, 0.6) is 5.75 Å². The summed E-state index contributed by atoms with van der Waals surface area (Å²) in [6.07, 6.45) is 5.00. The Kier molecular flexibility index (Phi) is 5.73. The standard InChI is InChI=1S/C17H19N7O3/c1-19-17(26)16-13(27-12-4-2-3-11(25)5-12)6-14(23-24-16)22-15-9-20-10(7-18)8-21-15/h6,8-9,11-12,25H,2-5H2,1H3,(H,19,26)(H,21,22,23). The van der Waals surface area contributed by atoms with E-state index in [0.717, 1.165) is 19.3 Å². The summed E-state index contributed by atoms with van der Waals surface area (Å²) in [5, 5.41) is 31.9. The number of aliphatic hydroxyl groups excluding tert-OH is 1. The smallest absolute Gasteiger partial charge is 0.275 e. The highest BCUT2D eigenvalue weighted by Gasteiger charge is 2.24. The second kappa shape index (κ2) is 8.37. The van der Waals surface area contributed by atoms with E-state index in [2.05, 4.69) is 30.8 Å². The van der Waals surface area contributed by atoms with E-state index in [1.165, 1.54) is 19.4 Å². The topological polar surface area (TPSA) is 146 Å². The minimum absolute atomic E-state index is 0.0639. The Bertz CT molecular complexity index is 851. The number of anilines is 2. The van der Waals surface area contributed by atoms with Crippen molar-refractivity contribution in [1.29, 1.82) is 5.26 Å². The first kappa shape index (κ1) is 18.5. The first-order chi connectivity index (χ1) is 13.1. The van der Waals surface area contributed by atoms with Gasteiger partial charge in [-0.15, -0.1) is 10.2 Å². The molecule has 2 unspecified atom stereocenters. The molecule has 1 fully saturated rings. The van der Waals surface area contributed by atoms with Crippen molar-refractivity contribution in [2.75, 3.05) is 12.4 Å². The van der Waals surface area contributed by atoms with Crippen LogP contribution in [-0.2, 0) is 0 Å². The largest absolute Gasteiger partial charge is 0.488 e. The number of carbonyl (C=O) groups is 1. The summed E-state index contributed by atoms with van der Waals surface area (Å²) in [5.41, 5.74) is 0.260. The second-order valence-corrected chi connectivity index (χ2v) is 6.11. The molecular weight excluding hydrogens is 350 g/mol. The average molecular weight is 369 g/mol. The van der Waals surface area contributed by atoms with Crippen molar-refractivity contribution in [3.05, 3.63) is 29.8 Å². The zero-order chi connectivity index (χ0) is 19.2. The molecule has 0 spiro atoms. The summed E-state index contributed by atoms with van der Waals surface area (Å²) in [6.45, 7) is 0. The first-order valence-electron chi connectivity index (χ1n) is 8.52. The lowest BCUT2D eigenvalue weighted by Crippen LogP contribution is -2.29. The second-order valence-electron chi connectivity index (χ2n) is 6.11. The van der Waals surface area contributed by atoms with E-state index in [1.54, 1.807) is 6.07 Å². The number of ether oxygens (including phenoxy) is 1. The quantitative estimate of drug-likeness (QED) is 0.700. The molecule has 3 N–H and O–H groups in total. The van der Waals surface area contributed by atoms with Gasteiger partial charge in [0.15, 0.2) is 23.0 Å². The Morgan fingerprint density at radius 2 is 2.15 bits per heavy atom. The van der Waals surface area contributed by atoms with Crippen LogP contribution in [0.25, 0.3) is 0 Å².